The number of carbonyl (C=O) groups is 1. The molecule has 1 unspecified atom stereocenters. The first-order valence-electron chi connectivity index (χ1n) is 8.91. The highest BCUT2D eigenvalue weighted by molar-refractivity contribution is 7.80. The van der Waals surface area contributed by atoms with Crippen LogP contribution in [0.2, 0.25) is 0 Å². The molecule has 1 aliphatic rings. The molecule has 0 spiro atoms. The summed E-state index contributed by atoms with van der Waals surface area (Å²) in [6.07, 6.45) is 0. The number of nitrogens with one attached hydrogen (secondary N) is 2. The van der Waals surface area contributed by atoms with Crippen molar-refractivity contribution in [1.29, 1.82) is 0 Å². The second-order valence-electron chi connectivity index (χ2n) is 6.27. The van der Waals surface area contributed by atoms with Crippen molar-refractivity contribution in [3.63, 3.8) is 0 Å². The fraction of sp³-hybridized carbons (Fsp3) is 0.238. The fourth-order valence-electron chi connectivity index (χ4n) is 2.94. The van der Waals surface area contributed by atoms with Crippen LogP contribution in [0.3, 0.4) is 0 Å². The summed E-state index contributed by atoms with van der Waals surface area (Å²) in [7, 11) is 0. The lowest BCUT2D eigenvalue weighted by atomic mass is 9.95. The molecule has 1 heterocycles. The summed E-state index contributed by atoms with van der Waals surface area (Å²) in [5, 5.41) is 15.4. The minimum atomic E-state index is -0.427. The molecule has 0 amide bonds. The second kappa shape index (κ2) is 9.34. The van der Waals surface area contributed by atoms with Gasteiger partial charge in [-0.05, 0) is 42.4 Å². The Balaban J connectivity index is 1.79. The van der Waals surface area contributed by atoms with Gasteiger partial charge in [-0.1, -0.05) is 42.5 Å². The van der Waals surface area contributed by atoms with Crippen molar-refractivity contribution in [3.8, 4) is 5.75 Å². The Labute approximate surface area is 169 Å². The Kier molecular flexibility index (Phi) is 6.62. The Bertz CT molecular complexity index is 866. The Morgan fingerprint density at radius 3 is 2.54 bits per heavy atom. The van der Waals surface area contributed by atoms with Gasteiger partial charge in [0.05, 0.1) is 18.2 Å². The standard InChI is InChI=1S/C21H22N2O4S/c1-14-18(20(25)27-13-15-5-3-2-4-6-15)19(23-21(28)22-14)16-7-9-17(10-8-16)26-12-11-24/h2-10,19,24H,11-13H2,1H3,(H2,22,23,28). The van der Waals surface area contributed by atoms with Gasteiger partial charge in [0.2, 0.25) is 0 Å². The molecular weight excluding hydrogens is 376 g/mol. The topological polar surface area (TPSA) is 79.8 Å². The van der Waals surface area contributed by atoms with Crippen LogP contribution >= 0.6 is 12.2 Å². The van der Waals surface area contributed by atoms with Crippen LogP contribution in [-0.2, 0) is 16.1 Å². The van der Waals surface area contributed by atoms with Crippen molar-refractivity contribution >= 4 is 23.3 Å². The van der Waals surface area contributed by atoms with Gasteiger partial charge in [0.15, 0.2) is 5.11 Å². The molecule has 0 saturated carbocycles. The molecule has 0 fully saturated rings. The Morgan fingerprint density at radius 1 is 1.14 bits per heavy atom. The molecule has 0 radical (unpaired) electrons. The molecule has 0 saturated heterocycles. The van der Waals surface area contributed by atoms with Crippen molar-refractivity contribution in [2.45, 2.75) is 19.6 Å². The number of rotatable bonds is 7. The van der Waals surface area contributed by atoms with E-state index >= 15 is 0 Å². The average Bonchev–Trinajstić information content (AvgIpc) is 2.71. The zero-order chi connectivity index (χ0) is 19.9. The van der Waals surface area contributed by atoms with Crippen LogP contribution < -0.4 is 15.4 Å². The van der Waals surface area contributed by atoms with E-state index in [-0.39, 0.29) is 19.8 Å². The zero-order valence-corrected chi connectivity index (χ0v) is 16.3. The number of hydrogen-bond acceptors (Lipinski definition) is 5. The molecule has 0 aliphatic carbocycles. The number of aliphatic hydroxyl groups is 1. The van der Waals surface area contributed by atoms with Gasteiger partial charge in [0.1, 0.15) is 19.0 Å². The van der Waals surface area contributed by atoms with Crippen molar-refractivity contribution in [2.75, 3.05) is 13.2 Å². The van der Waals surface area contributed by atoms with Crippen LogP contribution in [0.25, 0.3) is 0 Å². The SMILES string of the molecule is CC1=C(C(=O)OCc2ccccc2)C(c2ccc(OCCO)cc2)NC(=S)N1. The molecule has 28 heavy (non-hydrogen) atoms. The van der Waals surface area contributed by atoms with Gasteiger partial charge in [0.25, 0.3) is 0 Å². The van der Waals surface area contributed by atoms with Crippen LogP contribution in [0, 0.1) is 0 Å². The van der Waals surface area contributed by atoms with Gasteiger partial charge in [-0.15, -0.1) is 0 Å². The highest BCUT2D eigenvalue weighted by Crippen LogP contribution is 2.29. The Hall–Kier alpha value is -2.90. The number of esters is 1. The summed E-state index contributed by atoms with van der Waals surface area (Å²) < 4.78 is 10.9. The predicted molar refractivity (Wildman–Crippen MR) is 110 cm³/mol. The molecule has 3 rings (SSSR count). The van der Waals surface area contributed by atoms with E-state index in [1.807, 2.05) is 42.5 Å². The summed E-state index contributed by atoms with van der Waals surface area (Å²) in [6.45, 7) is 2.18. The highest BCUT2D eigenvalue weighted by atomic mass is 32.1. The minimum Gasteiger partial charge on any atom is -0.491 e. The van der Waals surface area contributed by atoms with Crippen LogP contribution in [0.5, 0.6) is 5.75 Å². The smallest absolute Gasteiger partial charge is 0.338 e. The summed E-state index contributed by atoms with van der Waals surface area (Å²) in [5.41, 5.74) is 2.91. The van der Waals surface area contributed by atoms with Crippen LogP contribution in [0.1, 0.15) is 24.1 Å². The highest BCUT2D eigenvalue weighted by Gasteiger charge is 2.31. The first-order chi connectivity index (χ1) is 13.6. The maximum atomic E-state index is 12.8. The molecular formula is C21H22N2O4S. The number of thiocarbonyl (C=S) groups is 1. The number of hydrogen-bond donors (Lipinski definition) is 3. The van der Waals surface area contributed by atoms with Gasteiger partial charge < -0.3 is 25.2 Å². The van der Waals surface area contributed by atoms with E-state index in [4.69, 9.17) is 26.8 Å². The second-order valence-corrected chi connectivity index (χ2v) is 6.68. The van der Waals surface area contributed by atoms with Gasteiger partial charge in [0, 0.05) is 5.70 Å². The van der Waals surface area contributed by atoms with Crippen molar-refractivity contribution in [3.05, 3.63) is 77.0 Å². The monoisotopic (exact) mass is 398 g/mol. The molecule has 7 heteroatoms. The third-order valence-electron chi connectivity index (χ3n) is 4.28. The number of benzene rings is 2. The van der Waals surface area contributed by atoms with E-state index in [0.29, 0.717) is 22.1 Å². The minimum absolute atomic E-state index is 0.0504. The number of allylic oxidation sites excluding steroid dienone is 1. The number of ether oxygens (including phenoxy) is 2. The maximum Gasteiger partial charge on any atom is 0.338 e. The molecule has 3 N–H and O–H groups in total. The predicted octanol–water partition coefficient (Wildman–Crippen LogP) is 2.59. The van der Waals surface area contributed by atoms with Gasteiger partial charge in [-0.2, -0.15) is 0 Å². The van der Waals surface area contributed by atoms with Crippen molar-refractivity contribution in [2.24, 2.45) is 0 Å². The lowest BCUT2D eigenvalue weighted by molar-refractivity contribution is -0.140. The van der Waals surface area contributed by atoms with Gasteiger partial charge >= 0.3 is 5.97 Å². The van der Waals surface area contributed by atoms with Crippen molar-refractivity contribution in [1.82, 2.24) is 10.6 Å². The fourth-order valence-corrected chi connectivity index (χ4v) is 3.21. The van der Waals surface area contributed by atoms with Crippen molar-refractivity contribution < 1.29 is 19.4 Å². The lowest BCUT2D eigenvalue weighted by Gasteiger charge is -2.30. The van der Waals surface area contributed by atoms with E-state index in [1.54, 1.807) is 19.1 Å². The quantitative estimate of drug-likeness (QED) is 0.489. The molecule has 2 aromatic carbocycles. The van der Waals surface area contributed by atoms with E-state index < -0.39 is 12.0 Å². The first kappa shape index (κ1) is 19.9. The van der Waals surface area contributed by atoms with Gasteiger partial charge in [-0.3, -0.25) is 0 Å². The summed E-state index contributed by atoms with van der Waals surface area (Å²) in [5.74, 6) is 0.234. The van der Waals surface area contributed by atoms with E-state index in [2.05, 4.69) is 10.6 Å². The molecule has 2 aromatic rings. The van der Waals surface area contributed by atoms with E-state index in [9.17, 15) is 4.79 Å². The summed E-state index contributed by atoms with van der Waals surface area (Å²) in [6, 6.07) is 16.4. The molecule has 6 nitrogen and oxygen atoms in total. The largest absolute Gasteiger partial charge is 0.491 e. The lowest BCUT2D eigenvalue weighted by Crippen LogP contribution is -2.45. The third kappa shape index (κ3) is 4.88. The number of aliphatic hydroxyl groups excluding tert-OH is 1. The van der Waals surface area contributed by atoms with Crippen LogP contribution in [-0.4, -0.2) is 29.4 Å². The Morgan fingerprint density at radius 2 is 1.86 bits per heavy atom. The summed E-state index contributed by atoms with van der Waals surface area (Å²) in [4.78, 5) is 12.8. The maximum absolute atomic E-state index is 12.8. The zero-order valence-electron chi connectivity index (χ0n) is 15.5. The summed E-state index contributed by atoms with van der Waals surface area (Å²) >= 11 is 5.26. The molecule has 0 bridgehead atoms. The van der Waals surface area contributed by atoms with E-state index in [1.165, 1.54) is 0 Å². The third-order valence-corrected chi connectivity index (χ3v) is 4.50. The average molecular weight is 398 g/mol. The molecule has 1 aliphatic heterocycles. The van der Waals surface area contributed by atoms with E-state index in [0.717, 1.165) is 11.1 Å². The first-order valence-corrected chi connectivity index (χ1v) is 9.32. The normalized spacial score (nSPS) is 16.2. The molecule has 146 valence electrons. The molecule has 0 aromatic heterocycles. The van der Waals surface area contributed by atoms with Gasteiger partial charge in [-0.25, -0.2) is 4.79 Å². The molecule has 1 atom stereocenters. The van der Waals surface area contributed by atoms with Crippen LogP contribution in [0.15, 0.2) is 65.9 Å². The van der Waals surface area contributed by atoms with Crippen LogP contribution in [0.4, 0.5) is 0 Å². The number of carbonyl (C=O) groups excluding carboxylic acids is 1.